The van der Waals surface area contributed by atoms with Crippen molar-refractivity contribution in [2.75, 3.05) is 26.2 Å². The average molecular weight is 391 g/mol. The first-order valence-electron chi connectivity index (χ1n) is 7.74. The zero-order chi connectivity index (χ0) is 17.7. The fourth-order valence-electron chi connectivity index (χ4n) is 2.65. The highest BCUT2D eigenvalue weighted by molar-refractivity contribution is 7.89. The second-order valence-corrected chi connectivity index (χ2v) is 7.61. The quantitative estimate of drug-likeness (QED) is 0.611. The summed E-state index contributed by atoms with van der Waals surface area (Å²) in [7, 11) is -3.71. The number of rotatable bonds is 6. The molecule has 2 rings (SSSR count). The van der Waals surface area contributed by atoms with Crippen molar-refractivity contribution in [1.29, 1.82) is 0 Å². The summed E-state index contributed by atoms with van der Waals surface area (Å²) in [4.78, 5) is 23.2. The first-order valence-corrected chi connectivity index (χ1v) is 9.18. The Hall–Kier alpha value is -1.68. The molecular weight excluding hydrogens is 368 g/mol. The molecule has 140 valence electrons. The molecule has 0 bridgehead atoms. The Bertz CT molecular complexity index is 709. The molecule has 1 aromatic carbocycles. The zero-order valence-electron chi connectivity index (χ0n) is 13.7. The summed E-state index contributed by atoms with van der Waals surface area (Å²) in [6.07, 6.45) is 1.25. The molecule has 0 aromatic heterocycles. The van der Waals surface area contributed by atoms with E-state index >= 15 is 0 Å². The number of sulfonamides is 1. The maximum Gasteiger partial charge on any atom is 0.248 e. The maximum absolute atomic E-state index is 12.7. The van der Waals surface area contributed by atoms with Crippen LogP contribution in [0.15, 0.2) is 29.2 Å². The van der Waals surface area contributed by atoms with Gasteiger partial charge in [0.2, 0.25) is 21.8 Å². The van der Waals surface area contributed by atoms with Crippen molar-refractivity contribution in [2.45, 2.75) is 17.7 Å². The van der Waals surface area contributed by atoms with Crippen molar-refractivity contribution in [1.82, 2.24) is 9.62 Å². The van der Waals surface area contributed by atoms with E-state index in [1.807, 2.05) is 0 Å². The van der Waals surface area contributed by atoms with Crippen molar-refractivity contribution >= 4 is 34.2 Å². The first-order chi connectivity index (χ1) is 11.4. The summed E-state index contributed by atoms with van der Waals surface area (Å²) < 4.78 is 26.7. The van der Waals surface area contributed by atoms with E-state index in [1.54, 1.807) is 0 Å². The van der Waals surface area contributed by atoms with E-state index in [0.29, 0.717) is 32.5 Å². The highest BCUT2D eigenvalue weighted by Crippen LogP contribution is 2.24. The van der Waals surface area contributed by atoms with Crippen LogP contribution in [0.3, 0.4) is 0 Å². The molecule has 10 heteroatoms. The number of hydrogen-bond acceptors (Lipinski definition) is 5. The molecule has 1 saturated heterocycles. The van der Waals surface area contributed by atoms with Gasteiger partial charge in [0.25, 0.3) is 0 Å². The van der Waals surface area contributed by atoms with Crippen molar-refractivity contribution in [3.05, 3.63) is 29.8 Å². The smallest absolute Gasteiger partial charge is 0.248 e. The van der Waals surface area contributed by atoms with Gasteiger partial charge in [-0.3, -0.25) is 9.59 Å². The predicted octanol–water partition coefficient (Wildman–Crippen LogP) is -0.317. The fraction of sp³-hybridized carbons (Fsp3) is 0.467. The second kappa shape index (κ2) is 9.14. The van der Waals surface area contributed by atoms with Gasteiger partial charge in [0.05, 0.1) is 10.8 Å². The lowest BCUT2D eigenvalue weighted by Gasteiger charge is -2.31. The predicted molar refractivity (Wildman–Crippen MR) is 95.8 cm³/mol. The van der Waals surface area contributed by atoms with Gasteiger partial charge in [0.1, 0.15) is 0 Å². The average Bonchev–Trinajstić information content (AvgIpc) is 2.59. The van der Waals surface area contributed by atoms with Crippen LogP contribution in [0.1, 0.15) is 23.2 Å². The fourth-order valence-corrected chi connectivity index (χ4v) is 4.18. The van der Waals surface area contributed by atoms with Crippen LogP contribution in [0.4, 0.5) is 0 Å². The van der Waals surface area contributed by atoms with Crippen LogP contribution in [0, 0.1) is 5.92 Å². The zero-order valence-corrected chi connectivity index (χ0v) is 15.3. The van der Waals surface area contributed by atoms with Gasteiger partial charge >= 0.3 is 0 Å². The van der Waals surface area contributed by atoms with Gasteiger partial charge in [-0.25, -0.2) is 8.42 Å². The molecule has 1 aromatic rings. The molecule has 8 nitrogen and oxygen atoms in total. The van der Waals surface area contributed by atoms with Gasteiger partial charge in [0.15, 0.2) is 0 Å². The van der Waals surface area contributed by atoms with Crippen LogP contribution in [0.5, 0.6) is 0 Å². The topological polar surface area (TPSA) is 136 Å². The van der Waals surface area contributed by atoms with Gasteiger partial charge in [-0.1, -0.05) is 0 Å². The molecule has 1 heterocycles. The molecule has 25 heavy (non-hydrogen) atoms. The van der Waals surface area contributed by atoms with Crippen LogP contribution in [0.25, 0.3) is 0 Å². The van der Waals surface area contributed by atoms with Gasteiger partial charge in [0, 0.05) is 31.7 Å². The molecule has 0 radical (unpaired) electrons. The number of hydrogen-bond donors (Lipinski definition) is 3. The molecule has 1 aliphatic rings. The largest absolute Gasteiger partial charge is 0.366 e. The Kier molecular flexibility index (Phi) is 7.81. The number of carbonyl (C=O) groups is 2. The minimum Gasteiger partial charge on any atom is -0.366 e. The summed E-state index contributed by atoms with van der Waals surface area (Å²) in [6, 6.07) is 5.47. The van der Waals surface area contributed by atoms with Crippen molar-refractivity contribution in [3.8, 4) is 0 Å². The maximum atomic E-state index is 12.7. The Morgan fingerprint density at radius 3 is 2.44 bits per heavy atom. The molecule has 1 fully saturated rings. The number of piperidine rings is 1. The van der Waals surface area contributed by atoms with Gasteiger partial charge in [-0.15, -0.1) is 12.4 Å². The van der Waals surface area contributed by atoms with E-state index in [0.717, 1.165) is 0 Å². The van der Waals surface area contributed by atoms with E-state index in [1.165, 1.54) is 28.6 Å². The van der Waals surface area contributed by atoms with Crippen LogP contribution in [-0.2, 0) is 14.8 Å². The minimum absolute atomic E-state index is 0. The summed E-state index contributed by atoms with van der Waals surface area (Å²) in [5.41, 5.74) is 10.8. The highest BCUT2D eigenvalue weighted by atomic mass is 35.5. The number of halogens is 1. The lowest BCUT2D eigenvalue weighted by atomic mass is 9.99. The highest BCUT2D eigenvalue weighted by Gasteiger charge is 2.33. The molecule has 0 saturated carbocycles. The normalized spacial score (nSPS) is 18.2. The van der Waals surface area contributed by atoms with Gasteiger partial charge in [-0.05, 0) is 37.1 Å². The molecule has 0 aliphatic carbocycles. The molecule has 2 amide bonds. The Labute approximate surface area is 153 Å². The summed E-state index contributed by atoms with van der Waals surface area (Å²) in [5, 5.41) is 2.70. The second-order valence-electron chi connectivity index (χ2n) is 5.67. The SMILES string of the molecule is Cl.NCCNC(=O)C1CCCN(S(=O)(=O)c2ccc(C(N)=O)cc2)C1. The molecule has 1 aliphatic heterocycles. The van der Waals surface area contributed by atoms with Crippen LogP contribution in [0.2, 0.25) is 0 Å². The third-order valence-corrected chi connectivity index (χ3v) is 5.85. The number of nitrogens with one attached hydrogen (secondary N) is 1. The lowest BCUT2D eigenvalue weighted by molar-refractivity contribution is -0.126. The number of primary amides is 1. The monoisotopic (exact) mass is 390 g/mol. The lowest BCUT2D eigenvalue weighted by Crippen LogP contribution is -2.46. The number of nitrogens with zero attached hydrogens (tertiary/aromatic N) is 1. The van der Waals surface area contributed by atoms with Crippen molar-refractivity contribution in [3.63, 3.8) is 0 Å². The van der Waals surface area contributed by atoms with Crippen molar-refractivity contribution < 1.29 is 18.0 Å². The first kappa shape index (κ1) is 21.4. The Balaban J connectivity index is 0.00000312. The van der Waals surface area contributed by atoms with Gasteiger partial charge in [-0.2, -0.15) is 4.31 Å². The number of nitrogens with two attached hydrogens (primary N) is 2. The molecule has 0 spiro atoms. The summed E-state index contributed by atoms with van der Waals surface area (Å²) in [5.74, 6) is -1.18. The minimum atomic E-state index is -3.71. The molecule has 5 N–H and O–H groups in total. The molecule has 1 unspecified atom stereocenters. The van der Waals surface area contributed by atoms with E-state index < -0.39 is 15.9 Å². The van der Waals surface area contributed by atoms with E-state index in [-0.39, 0.29) is 41.2 Å². The number of amides is 2. The third-order valence-electron chi connectivity index (χ3n) is 3.98. The van der Waals surface area contributed by atoms with E-state index in [4.69, 9.17) is 11.5 Å². The Morgan fingerprint density at radius 1 is 1.24 bits per heavy atom. The van der Waals surface area contributed by atoms with Crippen LogP contribution in [-0.4, -0.2) is 50.7 Å². The number of benzene rings is 1. The molecule has 1 atom stereocenters. The molecular formula is C15H23ClN4O4S. The van der Waals surface area contributed by atoms with E-state index in [2.05, 4.69) is 5.32 Å². The summed E-state index contributed by atoms with van der Waals surface area (Å²) in [6.45, 7) is 1.21. The van der Waals surface area contributed by atoms with Crippen LogP contribution >= 0.6 is 12.4 Å². The van der Waals surface area contributed by atoms with E-state index in [9.17, 15) is 18.0 Å². The standard InChI is InChI=1S/C15H22N4O4S.ClH/c16-7-8-18-15(21)12-2-1-9-19(10-12)24(22,23)13-5-3-11(4-6-13)14(17)20;/h3-6,12H,1-2,7-10,16H2,(H2,17,20)(H,18,21);1H. The van der Waals surface area contributed by atoms with Gasteiger partial charge < -0.3 is 16.8 Å². The van der Waals surface area contributed by atoms with Crippen molar-refractivity contribution in [2.24, 2.45) is 17.4 Å². The third kappa shape index (κ3) is 5.15. The number of carbonyl (C=O) groups excluding carboxylic acids is 2. The van der Waals surface area contributed by atoms with Crippen LogP contribution < -0.4 is 16.8 Å². The summed E-state index contributed by atoms with van der Waals surface area (Å²) >= 11 is 0. The Morgan fingerprint density at radius 2 is 1.88 bits per heavy atom.